The molecule has 2 aromatic heterocycles. The summed E-state index contributed by atoms with van der Waals surface area (Å²) in [6.07, 6.45) is 10.7. The van der Waals surface area contributed by atoms with Gasteiger partial charge in [-0.15, -0.1) is 0 Å². The van der Waals surface area contributed by atoms with Gasteiger partial charge in [-0.05, 0) is 56.2 Å². The molecule has 132 valence electrons. The molecule has 0 amide bonds. The minimum Gasteiger partial charge on any atom is -0.352 e. The highest BCUT2D eigenvalue weighted by molar-refractivity contribution is 7.80. The SMILES string of the molecule is CCN1C(=S)NC(c2ccccn2)C1c1cccn1C1CCCCC1. The van der Waals surface area contributed by atoms with Crippen LogP contribution in [0.4, 0.5) is 0 Å². The molecule has 25 heavy (non-hydrogen) atoms. The second-order valence-electron chi connectivity index (χ2n) is 7.04. The lowest BCUT2D eigenvalue weighted by atomic mass is 9.94. The van der Waals surface area contributed by atoms with Crippen LogP contribution < -0.4 is 5.32 Å². The third kappa shape index (κ3) is 3.06. The van der Waals surface area contributed by atoms with Crippen LogP contribution in [-0.4, -0.2) is 26.1 Å². The van der Waals surface area contributed by atoms with Gasteiger partial charge in [0.1, 0.15) is 0 Å². The first-order valence-corrected chi connectivity index (χ1v) is 9.85. The molecule has 4 nitrogen and oxygen atoms in total. The van der Waals surface area contributed by atoms with Crippen molar-refractivity contribution in [2.24, 2.45) is 0 Å². The summed E-state index contributed by atoms with van der Waals surface area (Å²) in [6.45, 7) is 3.07. The molecule has 1 saturated heterocycles. The highest BCUT2D eigenvalue weighted by Gasteiger charge is 2.40. The molecule has 4 rings (SSSR count). The van der Waals surface area contributed by atoms with Crippen LogP contribution in [0.15, 0.2) is 42.7 Å². The van der Waals surface area contributed by atoms with Crippen LogP contribution in [0.2, 0.25) is 0 Å². The minimum absolute atomic E-state index is 0.103. The number of likely N-dealkylation sites (N-methyl/N-ethyl adjacent to an activating group) is 1. The van der Waals surface area contributed by atoms with E-state index in [9.17, 15) is 0 Å². The molecule has 1 N–H and O–H groups in total. The number of nitrogens with one attached hydrogen (secondary N) is 1. The summed E-state index contributed by atoms with van der Waals surface area (Å²) >= 11 is 5.65. The first-order chi connectivity index (χ1) is 12.3. The van der Waals surface area contributed by atoms with Gasteiger partial charge in [-0.25, -0.2) is 0 Å². The molecule has 0 radical (unpaired) electrons. The third-order valence-corrected chi connectivity index (χ3v) is 5.97. The second kappa shape index (κ2) is 7.16. The summed E-state index contributed by atoms with van der Waals surface area (Å²) in [7, 11) is 0. The molecule has 1 saturated carbocycles. The maximum absolute atomic E-state index is 5.65. The van der Waals surface area contributed by atoms with E-state index in [1.807, 2.05) is 12.3 Å². The largest absolute Gasteiger partial charge is 0.352 e. The zero-order valence-corrected chi connectivity index (χ0v) is 15.6. The molecule has 0 spiro atoms. The Labute approximate surface area is 155 Å². The Bertz CT molecular complexity index is 720. The van der Waals surface area contributed by atoms with E-state index in [-0.39, 0.29) is 12.1 Å². The predicted octanol–water partition coefficient (Wildman–Crippen LogP) is 4.38. The number of nitrogens with zero attached hydrogens (tertiary/aromatic N) is 3. The first kappa shape index (κ1) is 16.6. The number of hydrogen-bond donors (Lipinski definition) is 1. The van der Waals surface area contributed by atoms with Gasteiger partial charge in [0, 0.05) is 30.7 Å². The standard InChI is InChI=1S/C20H26N4S/c1-2-23-19(18(22-20(23)25)16-11-6-7-13-21-16)17-12-8-14-24(17)15-9-4-3-5-10-15/h6-8,11-15,18-19H,2-5,9-10H2,1H3,(H,22,25). The van der Waals surface area contributed by atoms with E-state index in [2.05, 4.69) is 57.2 Å². The lowest BCUT2D eigenvalue weighted by Crippen LogP contribution is -2.30. The molecule has 5 heteroatoms. The average molecular weight is 355 g/mol. The van der Waals surface area contributed by atoms with Crippen molar-refractivity contribution in [3.63, 3.8) is 0 Å². The van der Waals surface area contributed by atoms with Gasteiger partial charge in [-0.1, -0.05) is 25.3 Å². The van der Waals surface area contributed by atoms with Crippen molar-refractivity contribution in [2.45, 2.75) is 57.2 Å². The van der Waals surface area contributed by atoms with Crippen LogP contribution in [0.5, 0.6) is 0 Å². The van der Waals surface area contributed by atoms with Crippen LogP contribution >= 0.6 is 12.2 Å². The molecular weight excluding hydrogens is 328 g/mol. The lowest BCUT2D eigenvalue weighted by Gasteiger charge is -2.32. The van der Waals surface area contributed by atoms with Gasteiger partial charge in [-0.3, -0.25) is 4.98 Å². The van der Waals surface area contributed by atoms with Gasteiger partial charge in [0.2, 0.25) is 0 Å². The number of hydrogen-bond acceptors (Lipinski definition) is 2. The zero-order chi connectivity index (χ0) is 17.2. The van der Waals surface area contributed by atoms with E-state index in [0.717, 1.165) is 17.4 Å². The van der Waals surface area contributed by atoms with E-state index >= 15 is 0 Å². The quantitative estimate of drug-likeness (QED) is 0.826. The molecule has 2 atom stereocenters. The summed E-state index contributed by atoms with van der Waals surface area (Å²) in [5.74, 6) is 0. The molecular formula is C20H26N4S. The molecule has 2 unspecified atom stereocenters. The Morgan fingerprint density at radius 3 is 2.72 bits per heavy atom. The maximum Gasteiger partial charge on any atom is 0.170 e. The molecule has 0 aromatic carbocycles. The Morgan fingerprint density at radius 1 is 1.16 bits per heavy atom. The summed E-state index contributed by atoms with van der Waals surface area (Å²) in [5, 5.41) is 4.35. The first-order valence-electron chi connectivity index (χ1n) is 9.44. The van der Waals surface area contributed by atoms with Crippen LogP contribution in [0.3, 0.4) is 0 Å². The number of aromatic nitrogens is 2. The Morgan fingerprint density at radius 2 is 2.00 bits per heavy atom. The Kier molecular flexibility index (Phi) is 4.75. The van der Waals surface area contributed by atoms with Gasteiger partial charge in [0.05, 0.1) is 17.8 Å². The summed E-state index contributed by atoms with van der Waals surface area (Å²) in [6, 6.07) is 11.5. The molecule has 0 bridgehead atoms. The Hall–Kier alpha value is -1.88. The fourth-order valence-electron chi connectivity index (χ4n) is 4.42. The number of rotatable bonds is 4. The predicted molar refractivity (Wildman–Crippen MR) is 104 cm³/mol. The van der Waals surface area contributed by atoms with Crippen molar-refractivity contribution in [3.8, 4) is 0 Å². The monoisotopic (exact) mass is 354 g/mol. The van der Waals surface area contributed by atoms with Crippen molar-refractivity contribution in [2.75, 3.05) is 6.54 Å². The molecule has 2 fully saturated rings. The third-order valence-electron chi connectivity index (χ3n) is 5.62. The summed E-state index contributed by atoms with van der Waals surface area (Å²) < 4.78 is 2.51. The van der Waals surface area contributed by atoms with Crippen LogP contribution in [0.1, 0.15) is 68.5 Å². The lowest BCUT2D eigenvalue weighted by molar-refractivity contribution is 0.287. The van der Waals surface area contributed by atoms with Crippen molar-refractivity contribution >= 4 is 17.3 Å². The van der Waals surface area contributed by atoms with Crippen molar-refractivity contribution in [1.29, 1.82) is 0 Å². The van der Waals surface area contributed by atoms with Crippen molar-refractivity contribution in [3.05, 3.63) is 54.1 Å². The highest BCUT2D eigenvalue weighted by atomic mass is 32.1. The smallest absolute Gasteiger partial charge is 0.170 e. The molecule has 2 aromatic rings. The molecule has 2 aliphatic rings. The topological polar surface area (TPSA) is 33.1 Å². The zero-order valence-electron chi connectivity index (χ0n) is 14.8. The van der Waals surface area contributed by atoms with Crippen LogP contribution in [0.25, 0.3) is 0 Å². The van der Waals surface area contributed by atoms with Gasteiger partial charge < -0.3 is 14.8 Å². The summed E-state index contributed by atoms with van der Waals surface area (Å²) in [4.78, 5) is 6.92. The van der Waals surface area contributed by atoms with E-state index in [1.54, 1.807) is 0 Å². The van der Waals surface area contributed by atoms with Crippen molar-refractivity contribution in [1.82, 2.24) is 19.8 Å². The fraction of sp³-hybridized carbons (Fsp3) is 0.500. The van der Waals surface area contributed by atoms with Crippen LogP contribution in [0, 0.1) is 0 Å². The van der Waals surface area contributed by atoms with E-state index in [0.29, 0.717) is 6.04 Å². The average Bonchev–Trinajstić information content (AvgIpc) is 3.27. The van der Waals surface area contributed by atoms with Gasteiger partial charge in [-0.2, -0.15) is 0 Å². The van der Waals surface area contributed by atoms with Gasteiger partial charge in [0.15, 0.2) is 5.11 Å². The second-order valence-corrected chi connectivity index (χ2v) is 7.43. The normalized spacial score (nSPS) is 24.5. The number of thiocarbonyl (C=S) groups is 1. The Balaban J connectivity index is 1.73. The molecule has 3 heterocycles. The molecule has 1 aliphatic heterocycles. The number of pyridine rings is 1. The van der Waals surface area contributed by atoms with E-state index < -0.39 is 0 Å². The van der Waals surface area contributed by atoms with Gasteiger partial charge in [0.25, 0.3) is 0 Å². The highest BCUT2D eigenvalue weighted by Crippen LogP contribution is 2.40. The van der Waals surface area contributed by atoms with Crippen LogP contribution in [-0.2, 0) is 0 Å². The van der Waals surface area contributed by atoms with Crippen molar-refractivity contribution < 1.29 is 0 Å². The van der Waals surface area contributed by atoms with E-state index in [1.165, 1.54) is 37.8 Å². The molecule has 1 aliphatic carbocycles. The fourth-order valence-corrected chi connectivity index (χ4v) is 4.79. The minimum atomic E-state index is 0.103. The van der Waals surface area contributed by atoms with E-state index in [4.69, 9.17) is 12.2 Å². The summed E-state index contributed by atoms with van der Waals surface area (Å²) in [5.41, 5.74) is 2.42. The maximum atomic E-state index is 5.65. The van der Waals surface area contributed by atoms with Gasteiger partial charge >= 0.3 is 0 Å².